The lowest BCUT2D eigenvalue weighted by Crippen LogP contribution is -2.37. The van der Waals surface area contributed by atoms with Crippen LogP contribution in [0.2, 0.25) is 0 Å². The molecule has 0 radical (unpaired) electrons. The fourth-order valence-electron chi connectivity index (χ4n) is 1.71. The predicted molar refractivity (Wildman–Crippen MR) is 64.4 cm³/mol. The molecule has 1 aromatic heterocycles. The third-order valence-corrected chi connectivity index (χ3v) is 2.78. The second-order valence-electron chi connectivity index (χ2n) is 5.79. The zero-order valence-electron chi connectivity index (χ0n) is 10.5. The molecule has 1 aliphatic rings. The van der Waals surface area contributed by atoms with E-state index in [0.29, 0.717) is 0 Å². The summed E-state index contributed by atoms with van der Waals surface area (Å²) in [5, 5.41) is 3.43. The van der Waals surface area contributed by atoms with Crippen LogP contribution in [0.25, 0.3) is 0 Å². The molecule has 0 unspecified atom stereocenters. The zero-order valence-corrected chi connectivity index (χ0v) is 10.5. The number of oxazole rings is 1. The van der Waals surface area contributed by atoms with Gasteiger partial charge in [0.1, 0.15) is 5.76 Å². The van der Waals surface area contributed by atoms with Crippen molar-refractivity contribution in [3.8, 4) is 0 Å². The largest absolute Gasteiger partial charge is 0.446 e. The number of nitrogens with one attached hydrogen (secondary N) is 1. The maximum absolute atomic E-state index is 5.70. The van der Waals surface area contributed by atoms with Crippen molar-refractivity contribution in [2.75, 3.05) is 6.54 Å². The van der Waals surface area contributed by atoms with Gasteiger partial charge in [-0.15, -0.1) is 0 Å². The SMILES string of the molecule is CC(C)(C)NCCc1ncc(CC2CC2)o1. The van der Waals surface area contributed by atoms with Crippen molar-refractivity contribution in [3.63, 3.8) is 0 Å². The third kappa shape index (κ3) is 3.97. The highest BCUT2D eigenvalue weighted by atomic mass is 16.4. The first-order valence-corrected chi connectivity index (χ1v) is 6.21. The summed E-state index contributed by atoms with van der Waals surface area (Å²) in [6, 6.07) is 0. The fraction of sp³-hybridized carbons (Fsp3) is 0.769. The van der Waals surface area contributed by atoms with Crippen LogP contribution >= 0.6 is 0 Å². The van der Waals surface area contributed by atoms with E-state index < -0.39 is 0 Å². The van der Waals surface area contributed by atoms with E-state index in [1.54, 1.807) is 0 Å². The van der Waals surface area contributed by atoms with Crippen molar-refractivity contribution in [3.05, 3.63) is 17.8 Å². The fourth-order valence-corrected chi connectivity index (χ4v) is 1.71. The molecule has 1 aromatic rings. The lowest BCUT2D eigenvalue weighted by atomic mass is 10.1. The van der Waals surface area contributed by atoms with Crippen LogP contribution in [0.1, 0.15) is 45.3 Å². The molecule has 0 atom stereocenters. The molecule has 0 aromatic carbocycles. The molecule has 0 amide bonds. The third-order valence-electron chi connectivity index (χ3n) is 2.78. The Morgan fingerprint density at radius 3 is 2.81 bits per heavy atom. The maximum Gasteiger partial charge on any atom is 0.195 e. The Labute approximate surface area is 97.6 Å². The van der Waals surface area contributed by atoms with Crippen molar-refractivity contribution in [1.82, 2.24) is 10.3 Å². The molecule has 0 spiro atoms. The summed E-state index contributed by atoms with van der Waals surface area (Å²) < 4.78 is 5.70. The second-order valence-corrected chi connectivity index (χ2v) is 5.79. The number of nitrogens with zero attached hydrogens (tertiary/aromatic N) is 1. The Kier molecular flexibility index (Phi) is 3.33. The van der Waals surface area contributed by atoms with E-state index in [0.717, 1.165) is 37.0 Å². The minimum Gasteiger partial charge on any atom is -0.446 e. The Balaban J connectivity index is 1.74. The van der Waals surface area contributed by atoms with Crippen LogP contribution in [-0.4, -0.2) is 17.1 Å². The number of hydrogen-bond acceptors (Lipinski definition) is 3. The van der Waals surface area contributed by atoms with Crippen LogP contribution in [0.15, 0.2) is 10.6 Å². The average Bonchev–Trinajstić information content (AvgIpc) is 2.84. The Morgan fingerprint density at radius 1 is 1.44 bits per heavy atom. The van der Waals surface area contributed by atoms with Gasteiger partial charge in [0.15, 0.2) is 5.89 Å². The van der Waals surface area contributed by atoms with Crippen molar-refractivity contribution in [2.45, 2.75) is 52.0 Å². The first kappa shape index (κ1) is 11.6. The highest BCUT2D eigenvalue weighted by Crippen LogP contribution is 2.32. The van der Waals surface area contributed by atoms with Crippen molar-refractivity contribution in [1.29, 1.82) is 0 Å². The van der Waals surface area contributed by atoms with E-state index >= 15 is 0 Å². The summed E-state index contributed by atoms with van der Waals surface area (Å²) in [5.41, 5.74) is 0.170. The van der Waals surface area contributed by atoms with E-state index in [1.807, 2.05) is 6.20 Å². The Bertz CT molecular complexity index is 334. The molecule has 1 aliphatic carbocycles. The summed E-state index contributed by atoms with van der Waals surface area (Å²) in [7, 11) is 0. The first-order chi connectivity index (χ1) is 7.53. The van der Waals surface area contributed by atoms with Gasteiger partial charge in [-0.25, -0.2) is 4.98 Å². The van der Waals surface area contributed by atoms with Crippen LogP contribution < -0.4 is 5.32 Å². The summed E-state index contributed by atoms with van der Waals surface area (Å²) in [4.78, 5) is 4.31. The van der Waals surface area contributed by atoms with Gasteiger partial charge in [0.25, 0.3) is 0 Å². The molecule has 16 heavy (non-hydrogen) atoms. The van der Waals surface area contributed by atoms with Gasteiger partial charge in [-0.2, -0.15) is 0 Å². The van der Waals surface area contributed by atoms with Crippen molar-refractivity contribution >= 4 is 0 Å². The average molecular weight is 222 g/mol. The van der Waals surface area contributed by atoms with Gasteiger partial charge in [0, 0.05) is 24.9 Å². The molecule has 1 heterocycles. The first-order valence-electron chi connectivity index (χ1n) is 6.21. The molecule has 3 nitrogen and oxygen atoms in total. The molecule has 3 heteroatoms. The molecular weight excluding hydrogens is 200 g/mol. The molecule has 1 N–H and O–H groups in total. The Hall–Kier alpha value is -0.830. The summed E-state index contributed by atoms with van der Waals surface area (Å²) in [6.07, 6.45) is 6.58. The predicted octanol–water partition coefficient (Wildman–Crippen LogP) is 2.56. The molecule has 0 saturated heterocycles. The van der Waals surface area contributed by atoms with Gasteiger partial charge in [-0.3, -0.25) is 0 Å². The van der Waals surface area contributed by atoms with Crippen LogP contribution in [0.5, 0.6) is 0 Å². The second kappa shape index (κ2) is 4.58. The smallest absolute Gasteiger partial charge is 0.195 e. The minimum absolute atomic E-state index is 0.170. The van der Waals surface area contributed by atoms with Crippen LogP contribution in [0.4, 0.5) is 0 Å². The summed E-state index contributed by atoms with van der Waals surface area (Å²) in [6.45, 7) is 7.43. The van der Waals surface area contributed by atoms with E-state index in [2.05, 4.69) is 31.1 Å². The maximum atomic E-state index is 5.70. The summed E-state index contributed by atoms with van der Waals surface area (Å²) in [5.74, 6) is 2.80. The summed E-state index contributed by atoms with van der Waals surface area (Å²) >= 11 is 0. The molecule has 90 valence electrons. The van der Waals surface area contributed by atoms with Crippen LogP contribution in [0.3, 0.4) is 0 Å². The lowest BCUT2D eigenvalue weighted by Gasteiger charge is -2.19. The lowest BCUT2D eigenvalue weighted by molar-refractivity contribution is 0.400. The topological polar surface area (TPSA) is 38.1 Å². The normalized spacial score (nSPS) is 16.7. The van der Waals surface area contributed by atoms with Crippen LogP contribution in [0, 0.1) is 5.92 Å². The number of hydrogen-bond donors (Lipinski definition) is 1. The molecular formula is C13H22N2O. The highest BCUT2D eigenvalue weighted by Gasteiger charge is 2.23. The number of aromatic nitrogens is 1. The van der Waals surface area contributed by atoms with E-state index in [1.165, 1.54) is 12.8 Å². The Morgan fingerprint density at radius 2 is 2.19 bits per heavy atom. The number of rotatable bonds is 5. The minimum atomic E-state index is 0.170. The van der Waals surface area contributed by atoms with E-state index in [4.69, 9.17) is 4.42 Å². The monoisotopic (exact) mass is 222 g/mol. The van der Waals surface area contributed by atoms with Crippen molar-refractivity contribution < 1.29 is 4.42 Å². The van der Waals surface area contributed by atoms with Gasteiger partial charge in [-0.05, 0) is 39.5 Å². The van der Waals surface area contributed by atoms with Crippen LogP contribution in [-0.2, 0) is 12.8 Å². The quantitative estimate of drug-likeness (QED) is 0.832. The molecule has 0 aliphatic heterocycles. The van der Waals surface area contributed by atoms with Gasteiger partial charge >= 0.3 is 0 Å². The van der Waals surface area contributed by atoms with E-state index in [9.17, 15) is 0 Å². The molecule has 1 fully saturated rings. The highest BCUT2D eigenvalue weighted by molar-refractivity contribution is 4.98. The van der Waals surface area contributed by atoms with E-state index in [-0.39, 0.29) is 5.54 Å². The van der Waals surface area contributed by atoms with Crippen molar-refractivity contribution in [2.24, 2.45) is 5.92 Å². The molecule has 1 saturated carbocycles. The molecule has 2 rings (SSSR count). The zero-order chi connectivity index (χ0) is 11.6. The molecule has 0 bridgehead atoms. The standard InChI is InChI=1S/C13H22N2O/c1-13(2,3)15-7-6-12-14-9-11(16-12)8-10-4-5-10/h9-10,15H,4-8H2,1-3H3. The van der Waals surface area contributed by atoms with Gasteiger partial charge in [-0.1, -0.05) is 0 Å². The van der Waals surface area contributed by atoms with Gasteiger partial charge in [0.05, 0.1) is 6.20 Å². The van der Waals surface area contributed by atoms with Gasteiger partial charge in [0.2, 0.25) is 0 Å². The van der Waals surface area contributed by atoms with Gasteiger partial charge < -0.3 is 9.73 Å².